The van der Waals surface area contributed by atoms with Crippen molar-refractivity contribution < 1.29 is 14.3 Å². The van der Waals surface area contributed by atoms with Crippen LogP contribution in [0, 0.1) is 0 Å². The maximum atomic E-state index is 14.0. The van der Waals surface area contributed by atoms with Gasteiger partial charge >= 0.3 is 6.03 Å². The number of para-hydroxylation sites is 1. The minimum atomic E-state index is -0.814. The predicted molar refractivity (Wildman–Crippen MR) is 168 cm³/mol. The van der Waals surface area contributed by atoms with Crippen molar-refractivity contribution in [3.05, 3.63) is 95.7 Å². The molecule has 1 aliphatic rings. The van der Waals surface area contributed by atoms with Crippen LogP contribution in [0.5, 0.6) is 5.75 Å². The van der Waals surface area contributed by atoms with E-state index in [1.165, 1.54) is 5.56 Å². The standard InChI is InChI=1S/C34H41N5O3/c1-23(28-21-35-29-13-9-8-12-27(28)29)32(33(40)36-30-20-24(22-38(2)3)14-15-31(30)42-4)37-34(41)39-18-16-26(17-19-39)25-10-6-5-7-11-25/h5-15,20-21,23,26,32,35H,16-19,22H2,1-4H3,(H,36,40)(H,37,41). The van der Waals surface area contributed by atoms with Crippen molar-refractivity contribution in [1.82, 2.24) is 20.1 Å². The first-order valence-electron chi connectivity index (χ1n) is 14.6. The third-order valence-electron chi connectivity index (χ3n) is 8.25. The van der Waals surface area contributed by atoms with Crippen molar-refractivity contribution in [3.63, 3.8) is 0 Å². The van der Waals surface area contributed by atoms with Gasteiger partial charge in [-0.1, -0.05) is 61.5 Å². The number of carbonyl (C=O) groups excluding carboxylic acids is 2. The van der Waals surface area contributed by atoms with Crippen LogP contribution < -0.4 is 15.4 Å². The van der Waals surface area contributed by atoms with E-state index in [1.807, 2.05) is 80.6 Å². The smallest absolute Gasteiger partial charge is 0.318 e. The largest absolute Gasteiger partial charge is 0.495 e. The number of hydrogen-bond donors (Lipinski definition) is 3. The highest BCUT2D eigenvalue weighted by Crippen LogP contribution is 2.32. The van der Waals surface area contributed by atoms with Crippen LogP contribution in [-0.2, 0) is 11.3 Å². The van der Waals surface area contributed by atoms with Gasteiger partial charge in [-0.3, -0.25) is 4.79 Å². The van der Waals surface area contributed by atoms with Gasteiger partial charge in [-0.2, -0.15) is 0 Å². The van der Waals surface area contributed by atoms with Crippen molar-refractivity contribution in [2.24, 2.45) is 0 Å². The SMILES string of the molecule is COc1ccc(CN(C)C)cc1NC(=O)C(NC(=O)N1CCC(c2ccccc2)CC1)C(C)c1c[nH]c2ccccc12. The molecule has 8 heteroatoms. The molecule has 2 unspecified atom stereocenters. The molecule has 1 aromatic heterocycles. The number of benzene rings is 3. The second-order valence-corrected chi connectivity index (χ2v) is 11.4. The number of ether oxygens (including phenoxy) is 1. The van der Waals surface area contributed by atoms with E-state index < -0.39 is 6.04 Å². The Morgan fingerprint density at radius 1 is 1.02 bits per heavy atom. The molecule has 1 saturated heterocycles. The number of nitrogens with zero attached hydrogens (tertiary/aromatic N) is 2. The van der Waals surface area contributed by atoms with Gasteiger partial charge in [-0.05, 0) is 67.7 Å². The molecule has 3 amide bonds. The fourth-order valence-corrected chi connectivity index (χ4v) is 5.96. The molecule has 3 N–H and O–H groups in total. The number of fused-ring (bicyclic) bond motifs is 1. The Morgan fingerprint density at radius 3 is 2.45 bits per heavy atom. The number of nitrogens with one attached hydrogen (secondary N) is 3. The van der Waals surface area contributed by atoms with E-state index in [9.17, 15) is 9.59 Å². The zero-order valence-electron chi connectivity index (χ0n) is 24.9. The molecule has 0 bridgehead atoms. The summed E-state index contributed by atoms with van der Waals surface area (Å²) in [5.41, 5.74) is 4.90. The number of aromatic nitrogens is 1. The number of anilines is 1. The van der Waals surface area contributed by atoms with Crippen molar-refractivity contribution in [2.75, 3.05) is 39.6 Å². The number of piperidine rings is 1. The molecular formula is C34H41N5O3. The van der Waals surface area contributed by atoms with Crippen LogP contribution in [0.2, 0.25) is 0 Å². The Morgan fingerprint density at radius 2 is 1.74 bits per heavy atom. The molecule has 8 nitrogen and oxygen atoms in total. The summed E-state index contributed by atoms with van der Waals surface area (Å²) in [7, 11) is 5.59. The number of urea groups is 1. The van der Waals surface area contributed by atoms with Crippen LogP contribution in [0.4, 0.5) is 10.5 Å². The average Bonchev–Trinajstić information content (AvgIpc) is 3.44. The Hall–Kier alpha value is -4.30. The van der Waals surface area contributed by atoms with E-state index in [2.05, 4.69) is 44.8 Å². The number of carbonyl (C=O) groups is 2. The van der Waals surface area contributed by atoms with E-state index in [4.69, 9.17) is 4.74 Å². The fourth-order valence-electron chi connectivity index (χ4n) is 5.96. The first-order valence-corrected chi connectivity index (χ1v) is 14.6. The normalized spacial score (nSPS) is 15.4. The van der Waals surface area contributed by atoms with Crippen LogP contribution in [0.15, 0.2) is 79.0 Å². The van der Waals surface area contributed by atoms with E-state index in [0.717, 1.165) is 41.4 Å². The highest BCUT2D eigenvalue weighted by molar-refractivity contribution is 5.99. The molecule has 3 aromatic carbocycles. The summed E-state index contributed by atoms with van der Waals surface area (Å²) in [6, 6.07) is 23.2. The molecule has 2 heterocycles. The second-order valence-electron chi connectivity index (χ2n) is 11.4. The van der Waals surface area contributed by atoms with Gasteiger partial charge in [0.25, 0.3) is 0 Å². The lowest BCUT2D eigenvalue weighted by Crippen LogP contribution is -2.53. The zero-order chi connectivity index (χ0) is 29.6. The average molecular weight is 568 g/mol. The van der Waals surface area contributed by atoms with Gasteiger partial charge in [0.2, 0.25) is 5.91 Å². The summed E-state index contributed by atoms with van der Waals surface area (Å²) >= 11 is 0. The van der Waals surface area contributed by atoms with E-state index in [0.29, 0.717) is 30.4 Å². The van der Waals surface area contributed by atoms with E-state index in [1.54, 1.807) is 7.11 Å². The van der Waals surface area contributed by atoms with Crippen molar-refractivity contribution in [3.8, 4) is 5.75 Å². The summed E-state index contributed by atoms with van der Waals surface area (Å²) in [5, 5.41) is 7.22. The van der Waals surface area contributed by atoms with Crippen LogP contribution in [0.25, 0.3) is 10.9 Å². The monoisotopic (exact) mass is 567 g/mol. The lowest BCUT2D eigenvalue weighted by molar-refractivity contribution is -0.118. The maximum Gasteiger partial charge on any atom is 0.318 e. The highest BCUT2D eigenvalue weighted by Gasteiger charge is 2.33. The van der Waals surface area contributed by atoms with Gasteiger partial charge < -0.3 is 30.2 Å². The summed E-state index contributed by atoms with van der Waals surface area (Å²) in [6.07, 6.45) is 3.72. The molecule has 0 aliphatic carbocycles. The predicted octanol–water partition coefficient (Wildman–Crippen LogP) is 5.94. The molecule has 220 valence electrons. The molecule has 42 heavy (non-hydrogen) atoms. The van der Waals surface area contributed by atoms with Crippen LogP contribution in [0.3, 0.4) is 0 Å². The van der Waals surface area contributed by atoms with E-state index >= 15 is 0 Å². The maximum absolute atomic E-state index is 14.0. The Kier molecular flexibility index (Phi) is 9.12. The minimum Gasteiger partial charge on any atom is -0.495 e. The molecule has 4 aromatic rings. The summed E-state index contributed by atoms with van der Waals surface area (Å²) in [5.74, 6) is 0.406. The number of aromatic amines is 1. The number of hydrogen-bond acceptors (Lipinski definition) is 4. The highest BCUT2D eigenvalue weighted by atomic mass is 16.5. The van der Waals surface area contributed by atoms with Crippen LogP contribution in [-0.4, -0.2) is 67.1 Å². The van der Waals surface area contributed by atoms with Gasteiger partial charge in [0.05, 0.1) is 12.8 Å². The molecule has 1 fully saturated rings. The lowest BCUT2D eigenvalue weighted by atomic mass is 9.89. The molecule has 1 aliphatic heterocycles. The van der Waals surface area contributed by atoms with Gasteiger partial charge in [0.15, 0.2) is 0 Å². The van der Waals surface area contributed by atoms with Crippen molar-refractivity contribution in [1.29, 1.82) is 0 Å². The number of H-pyrrole nitrogens is 1. The first-order chi connectivity index (χ1) is 20.3. The Bertz CT molecular complexity index is 1510. The summed E-state index contributed by atoms with van der Waals surface area (Å²) in [4.78, 5) is 34.9. The van der Waals surface area contributed by atoms with Gasteiger partial charge in [-0.15, -0.1) is 0 Å². The quantitative estimate of drug-likeness (QED) is 0.234. The number of likely N-dealkylation sites (tertiary alicyclic amines) is 1. The van der Waals surface area contributed by atoms with Gasteiger partial charge in [0.1, 0.15) is 11.8 Å². The van der Waals surface area contributed by atoms with Gasteiger partial charge in [-0.25, -0.2) is 4.79 Å². The zero-order valence-corrected chi connectivity index (χ0v) is 24.9. The van der Waals surface area contributed by atoms with Gasteiger partial charge in [0, 0.05) is 42.7 Å². The third kappa shape index (κ3) is 6.60. The fraction of sp³-hybridized carbons (Fsp3) is 0.353. The first kappa shape index (κ1) is 29.2. The number of amides is 3. The Labute approximate surface area is 248 Å². The third-order valence-corrected chi connectivity index (χ3v) is 8.25. The number of rotatable bonds is 9. The molecule has 0 spiro atoms. The van der Waals surface area contributed by atoms with E-state index in [-0.39, 0.29) is 17.9 Å². The Balaban J connectivity index is 1.37. The lowest BCUT2D eigenvalue weighted by Gasteiger charge is -2.34. The summed E-state index contributed by atoms with van der Waals surface area (Å²) < 4.78 is 5.57. The van der Waals surface area contributed by atoms with Crippen molar-refractivity contribution >= 4 is 28.5 Å². The minimum absolute atomic E-state index is 0.221. The molecule has 5 rings (SSSR count). The second kappa shape index (κ2) is 13.1. The van der Waals surface area contributed by atoms with Crippen molar-refractivity contribution in [2.45, 2.75) is 44.2 Å². The van der Waals surface area contributed by atoms with Crippen LogP contribution in [0.1, 0.15) is 48.3 Å². The topological polar surface area (TPSA) is 89.7 Å². The molecular weight excluding hydrogens is 526 g/mol. The van der Waals surface area contributed by atoms with Crippen LogP contribution >= 0.6 is 0 Å². The molecule has 2 atom stereocenters. The molecule has 0 saturated carbocycles. The molecule has 0 radical (unpaired) electrons. The summed E-state index contributed by atoms with van der Waals surface area (Å²) in [6.45, 7) is 3.99. The number of methoxy groups -OCH3 is 1.